The Morgan fingerprint density at radius 2 is 1.84 bits per heavy atom. The maximum absolute atomic E-state index is 11.2. The lowest BCUT2D eigenvalue weighted by atomic mass is 9.88. The third kappa shape index (κ3) is 4.30. The van der Waals surface area contributed by atoms with Crippen LogP contribution in [0.4, 0.5) is 0 Å². The van der Waals surface area contributed by atoms with Crippen molar-refractivity contribution in [3.8, 4) is 0 Å². The van der Waals surface area contributed by atoms with Gasteiger partial charge < -0.3 is 10.2 Å². The molecule has 1 unspecified atom stereocenters. The molecule has 0 amide bonds. The summed E-state index contributed by atoms with van der Waals surface area (Å²) in [7, 11) is 0. The zero-order valence-electron chi connectivity index (χ0n) is 11.8. The molecule has 2 N–H and O–H groups in total. The molecule has 3 nitrogen and oxygen atoms in total. The van der Waals surface area contributed by atoms with Crippen LogP contribution in [0.25, 0.3) is 0 Å². The molecular formula is C16H22O3. The molecule has 0 radical (unpaired) electrons. The van der Waals surface area contributed by atoms with Gasteiger partial charge in [-0.1, -0.05) is 37.3 Å². The van der Waals surface area contributed by atoms with Gasteiger partial charge in [-0.3, -0.25) is 4.79 Å². The van der Waals surface area contributed by atoms with Crippen molar-refractivity contribution in [3.05, 3.63) is 47.0 Å². The Labute approximate surface area is 114 Å². The average Bonchev–Trinajstić information content (AvgIpc) is 2.38. The van der Waals surface area contributed by atoms with Crippen molar-refractivity contribution in [2.45, 2.75) is 39.9 Å². The summed E-state index contributed by atoms with van der Waals surface area (Å²) in [6.07, 6.45) is 1.95. The van der Waals surface area contributed by atoms with Crippen molar-refractivity contribution in [2.75, 3.05) is 0 Å². The van der Waals surface area contributed by atoms with E-state index in [1.807, 2.05) is 38.1 Å². The Kier molecular flexibility index (Phi) is 5.93. The highest BCUT2D eigenvalue weighted by atomic mass is 16.5. The number of hydrogen-bond donors (Lipinski definition) is 2. The summed E-state index contributed by atoms with van der Waals surface area (Å²) < 4.78 is 0. The highest BCUT2D eigenvalue weighted by Gasteiger charge is 2.17. The van der Waals surface area contributed by atoms with E-state index in [1.165, 1.54) is 0 Å². The maximum atomic E-state index is 11.2. The SMILES string of the molecule is CC=C(C(O)O)C(CC)Cc1ccc(C(C)=O)cc1. The lowest BCUT2D eigenvalue weighted by Gasteiger charge is -2.20. The van der Waals surface area contributed by atoms with Gasteiger partial charge in [0.2, 0.25) is 0 Å². The number of Topliss-reactive ketones (excluding diaryl/α,β-unsaturated/α-hetero) is 1. The number of hydrogen-bond acceptors (Lipinski definition) is 3. The van der Waals surface area contributed by atoms with E-state index < -0.39 is 6.29 Å². The van der Waals surface area contributed by atoms with Gasteiger partial charge in [-0.25, -0.2) is 0 Å². The van der Waals surface area contributed by atoms with Gasteiger partial charge in [0, 0.05) is 5.56 Å². The predicted molar refractivity (Wildman–Crippen MR) is 75.9 cm³/mol. The smallest absolute Gasteiger partial charge is 0.174 e. The molecule has 0 heterocycles. The van der Waals surface area contributed by atoms with Crippen LogP contribution >= 0.6 is 0 Å². The molecule has 1 rings (SSSR count). The normalized spacial score (nSPS) is 13.7. The number of allylic oxidation sites excluding steroid dienone is 1. The molecule has 0 aliphatic heterocycles. The fraction of sp³-hybridized carbons (Fsp3) is 0.438. The Hall–Kier alpha value is -1.45. The van der Waals surface area contributed by atoms with Crippen molar-refractivity contribution in [2.24, 2.45) is 5.92 Å². The van der Waals surface area contributed by atoms with E-state index in [4.69, 9.17) is 0 Å². The highest BCUT2D eigenvalue weighted by molar-refractivity contribution is 5.93. The largest absolute Gasteiger partial charge is 0.365 e. The first kappa shape index (κ1) is 15.6. The van der Waals surface area contributed by atoms with Gasteiger partial charge in [0.25, 0.3) is 0 Å². The summed E-state index contributed by atoms with van der Waals surface area (Å²) in [5, 5.41) is 18.7. The number of aliphatic hydroxyl groups excluding tert-OH is 1. The van der Waals surface area contributed by atoms with Gasteiger partial charge >= 0.3 is 0 Å². The lowest BCUT2D eigenvalue weighted by molar-refractivity contribution is -0.0157. The molecule has 0 aromatic heterocycles. The third-order valence-corrected chi connectivity index (χ3v) is 3.44. The summed E-state index contributed by atoms with van der Waals surface area (Å²) in [4.78, 5) is 11.2. The molecule has 19 heavy (non-hydrogen) atoms. The van der Waals surface area contributed by atoms with Crippen molar-refractivity contribution in [1.29, 1.82) is 0 Å². The van der Waals surface area contributed by atoms with Gasteiger partial charge in [-0.05, 0) is 43.7 Å². The second-order valence-corrected chi connectivity index (χ2v) is 4.72. The minimum atomic E-state index is -1.40. The molecule has 0 bridgehead atoms. The minimum Gasteiger partial charge on any atom is -0.365 e. The summed E-state index contributed by atoms with van der Waals surface area (Å²) in [6.45, 7) is 5.39. The van der Waals surface area contributed by atoms with Crippen molar-refractivity contribution < 1.29 is 15.0 Å². The molecule has 0 saturated heterocycles. The summed E-state index contributed by atoms with van der Waals surface area (Å²) in [5.74, 6) is 0.159. The zero-order chi connectivity index (χ0) is 14.4. The number of carbonyl (C=O) groups excluding carboxylic acids is 1. The van der Waals surface area contributed by atoms with Crippen LogP contribution in [-0.4, -0.2) is 22.3 Å². The van der Waals surface area contributed by atoms with E-state index in [1.54, 1.807) is 13.0 Å². The van der Waals surface area contributed by atoms with Crippen LogP contribution in [0, 0.1) is 5.92 Å². The van der Waals surface area contributed by atoms with E-state index in [-0.39, 0.29) is 11.7 Å². The second kappa shape index (κ2) is 7.22. The van der Waals surface area contributed by atoms with Crippen LogP contribution < -0.4 is 0 Å². The molecule has 0 spiro atoms. The van der Waals surface area contributed by atoms with Gasteiger partial charge in [0.15, 0.2) is 12.1 Å². The van der Waals surface area contributed by atoms with Crippen LogP contribution in [0.2, 0.25) is 0 Å². The van der Waals surface area contributed by atoms with Crippen LogP contribution in [0.1, 0.15) is 43.1 Å². The number of benzene rings is 1. The van der Waals surface area contributed by atoms with Gasteiger partial charge in [-0.15, -0.1) is 0 Å². The first-order chi connectivity index (χ1) is 8.99. The molecule has 0 aliphatic carbocycles. The molecule has 3 heteroatoms. The van der Waals surface area contributed by atoms with E-state index in [0.717, 1.165) is 18.4 Å². The summed E-state index contributed by atoms with van der Waals surface area (Å²) in [6, 6.07) is 7.48. The zero-order valence-corrected chi connectivity index (χ0v) is 11.8. The first-order valence-corrected chi connectivity index (χ1v) is 6.61. The Morgan fingerprint density at radius 3 is 2.21 bits per heavy atom. The monoisotopic (exact) mass is 262 g/mol. The quantitative estimate of drug-likeness (QED) is 0.471. The summed E-state index contributed by atoms with van der Waals surface area (Å²) >= 11 is 0. The molecular weight excluding hydrogens is 240 g/mol. The van der Waals surface area contributed by atoms with Gasteiger partial charge in [0.05, 0.1) is 0 Å². The van der Waals surface area contributed by atoms with E-state index in [9.17, 15) is 15.0 Å². The van der Waals surface area contributed by atoms with Crippen molar-refractivity contribution in [3.63, 3.8) is 0 Å². The standard InChI is InChI=1S/C16H22O3/c1-4-13(15(5-2)16(18)19)10-12-6-8-14(9-7-12)11(3)17/h5-9,13,16,18-19H,4,10H2,1-3H3. The molecule has 0 aliphatic rings. The van der Waals surface area contributed by atoms with E-state index >= 15 is 0 Å². The van der Waals surface area contributed by atoms with Crippen LogP contribution in [-0.2, 0) is 6.42 Å². The molecule has 1 atom stereocenters. The number of carbonyl (C=O) groups is 1. The number of rotatable bonds is 6. The molecule has 1 aromatic rings. The van der Waals surface area contributed by atoms with Gasteiger partial charge in [-0.2, -0.15) is 0 Å². The van der Waals surface area contributed by atoms with Crippen LogP contribution in [0.5, 0.6) is 0 Å². The minimum absolute atomic E-state index is 0.0542. The summed E-state index contributed by atoms with van der Waals surface area (Å²) in [5.41, 5.74) is 2.44. The molecule has 104 valence electrons. The van der Waals surface area contributed by atoms with Crippen molar-refractivity contribution >= 4 is 5.78 Å². The van der Waals surface area contributed by atoms with Crippen LogP contribution in [0.3, 0.4) is 0 Å². The Morgan fingerprint density at radius 1 is 1.26 bits per heavy atom. The fourth-order valence-electron chi connectivity index (χ4n) is 2.25. The fourth-order valence-corrected chi connectivity index (χ4v) is 2.25. The maximum Gasteiger partial charge on any atom is 0.174 e. The lowest BCUT2D eigenvalue weighted by Crippen LogP contribution is -2.18. The topological polar surface area (TPSA) is 57.5 Å². The van der Waals surface area contributed by atoms with Crippen molar-refractivity contribution in [1.82, 2.24) is 0 Å². The predicted octanol–water partition coefficient (Wildman–Crippen LogP) is 2.71. The molecule has 0 saturated carbocycles. The van der Waals surface area contributed by atoms with E-state index in [0.29, 0.717) is 11.1 Å². The number of ketones is 1. The molecule has 0 fully saturated rings. The Bertz CT molecular complexity index is 444. The van der Waals surface area contributed by atoms with E-state index in [2.05, 4.69) is 0 Å². The second-order valence-electron chi connectivity index (χ2n) is 4.72. The number of aliphatic hydroxyl groups is 2. The first-order valence-electron chi connectivity index (χ1n) is 6.61. The van der Waals surface area contributed by atoms with Gasteiger partial charge in [0.1, 0.15) is 0 Å². The van der Waals surface area contributed by atoms with Crippen LogP contribution in [0.15, 0.2) is 35.9 Å². The molecule has 1 aromatic carbocycles. The third-order valence-electron chi connectivity index (χ3n) is 3.44. The highest BCUT2D eigenvalue weighted by Crippen LogP contribution is 2.23. The Balaban J connectivity index is 2.84. The average molecular weight is 262 g/mol.